The van der Waals surface area contributed by atoms with E-state index in [1.54, 1.807) is 4.68 Å². The molecule has 0 atom stereocenters. The van der Waals surface area contributed by atoms with Crippen LogP contribution in [0.4, 0.5) is 0 Å². The third-order valence-electron chi connectivity index (χ3n) is 2.87. The van der Waals surface area contributed by atoms with E-state index in [-0.39, 0.29) is 6.61 Å². The third-order valence-corrected chi connectivity index (χ3v) is 2.87. The van der Waals surface area contributed by atoms with E-state index in [4.69, 9.17) is 0 Å². The molecule has 90 valence electrons. The maximum atomic E-state index is 9.28. The maximum absolute atomic E-state index is 9.28. The third kappa shape index (κ3) is 1.76. The van der Waals surface area contributed by atoms with Gasteiger partial charge in [-0.15, -0.1) is 0 Å². The molecule has 3 rings (SSSR count). The molecule has 0 aliphatic rings. The highest BCUT2D eigenvalue weighted by Gasteiger charge is 2.08. The minimum atomic E-state index is -0.0713. The number of benzene rings is 1. The number of rotatable bonds is 2. The van der Waals surface area contributed by atoms with Gasteiger partial charge in [-0.2, -0.15) is 5.10 Å². The van der Waals surface area contributed by atoms with Crippen molar-refractivity contribution >= 4 is 10.8 Å². The smallest absolute Gasteiger partial charge is 0.161 e. The van der Waals surface area contributed by atoms with Crippen molar-refractivity contribution in [2.24, 2.45) is 0 Å². The van der Waals surface area contributed by atoms with Crippen LogP contribution in [0.3, 0.4) is 0 Å². The summed E-state index contributed by atoms with van der Waals surface area (Å²) in [6.07, 6.45) is 1.88. The van der Waals surface area contributed by atoms with Crippen molar-refractivity contribution in [1.82, 2.24) is 14.8 Å². The fourth-order valence-corrected chi connectivity index (χ4v) is 2.02. The van der Waals surface area contributed by atoms with Gasteiger partial charge in [-0.1, -0.05) is 24.3 Å². The lowest BCUT2D eigenvalue weighted by Gasteiger charge is -2.08. The first-order chi connectivity index (χ1) is 8.78. The molecule has 0 saturated carbocycles. The van der Waals surface area contributed by atoms with E-state index >= 15 is 0 Å². The second-order valence-corrected chi connectivity index (χ2v) is 4.22. The second kappa shape index (κ2) is 4.23. The summed E-state index contributed by atoms with van der Waals surface area (Å²) in [5.74, 6) is 0.755. The quantitative estimate of drug-likeness (QED) is 0.746. The highest BCUT2D eigenvalue weighted by molar-refractivity contribution is 5.88. The summed E-state index contributed by atoms with van der Waals surface area (Å²) in [5, 5.41) is 15.7. The van der Waals surface area contributed by atoms with Crippen LogP contribution in [0, 0.1) is 6.92 Å². The highest BCUT2D eigenvalue weighted by atomic mass is 16.3. The predicted octanol–water partition coefficient (Wildman–Crippen LogP) is 2.22. The number of aliphatic hydroxyl groups excluding tert-OH is 1. The molecule has 0 bridgehead atoms. The van der Waals surface area contributed by atoms with Crippen LogP contribution in [0.5, 0.6) is 0 Å². The van der Waals surface area contributed by atoms with Gasteiger partial charge in [-0.3, -0.25) is 0 Å². The Balaban J connectivity index is 2.32. The van der Waals surface area contributed by atoms with E-state index in [1.165, 1.54) is 0 Å². The van der Waals surface area contributed by atoms with Gasteiger partial charge in [-0.25, -0.2) is 9.67 Å². The highest BCUT2D eigenvalue weighted by Crippen LogP contribution is 2.21. The standard InChI is InChI=1S/C14H13N3O/c1-10-6-7-17(16-10)14-13-5-3-2-4-11(13)8-12(9-18)15-14/h2-8,18H,9H2,1H3. The van der Waals surface area contributed by atoms with E-state index in [2.05, 4.69) is 10.1 Å². The molecule has 0 saturated heterocycles. The van der Waals surface area contributed by atoms with Crippen LogP contribution in [0.2, 0.25) is 0 Å². The zero-order valence-corrected chi connectivity index (χ0v) is 10.0. The van der Waals surface area contributed by atoms with Gasteiger partial charge in [0, 0.05) is 11.6 Å². The molecular formula is C14H13N3O. The zero-order valence-electron chi connectivity index (χ0n) is 10.0. The number of fused-ring (bicyclic) bond motifs is 1. The van der Waals surface area contributed by atoms with Crippen LogP contribution in [0.25, 0.3) is 16.6 Å². The van der Waals surface area contributed by atoms with Crippen molar-refractivity contribution in [3.8, 4) is 5.82 Å². The van der Waals surface area contributed by atoms with Gasteiger partial charge in [-0.05, 0) is 24.4 Å². The monoisotopic (exact) mass is 239 g/mol. The molecule has 0 aliphatic heterocycles. The summed E-state index contributed by atoms with van der Waals surface area (Å²) < 4.78 is 1.75. The SMILES string of the molecule is Cc1ccn(-c2nc(CO)cc3ccccc23)n1. The van der Waals surface area contributed by atoms with Crippen molar-refractivity contribution in [2.75, 3.05) is 0 Å². The maximum Gasteiger partial charge on any atom is 0.161 e. The Morgan fingerprint density at radius 2 is 2.06 bits per heavy atom. The topological polar surface area (TPSA) is 50.9 Å². The molecule has 18 heavy (non-hydrogen) atoms. The Bertz CT molecular complexity index is 703. The van der Waals surface area contributed by atoms with Crippen molar-refractivity contribution in [2.45, 2.75) is 13.5 Å². The van der Waals surface area contributed by atoms with Crippen LogP contribution in [-0.2, 0) is 6.61 Å². The molecule has 0 fully saturated rings. The molecule has 0 radical (unpaired) electrons. The Labute approximate surface area is 105 Å². The number of aliphatic hydroxyl groups is 1. The molecule has 2 heterocycles. The normalized spacial score (nSPS) is 11.0. The van der Waals surface area contributed by atoms with Crippen molar-refractivity contribution < 1.29 is 5.11 Å². The second-order valence-electron chi connectivity index (χ2n) is 4.22. The Hall–Kier alpha value is -2.20. The van der Waals surface area contributed by atoms with E-state index in [0.717, 1.165) is 22.3 Å². The van der Waals surface area contributed by atoms with Crippen LogP contribution in [0.15, 0.2) is 42.6 Å². The molecule has 3 aromatic rings. The molecule has 0 unspecified atom stereocenters. The molecule has 4 heteroatoms. The van der Waals surface area contributed by atoms with Gasteiger partial charge in [0.15, 0.2) is 5.82 Å². The summed E-state index contributed by atoms with van der Waals surface area (Å²) >= 11 is 0. The minimum Gasteiger partial charge on any atom is -0.390 e. The molecular weight excluding hydrogens is 226 g/mol. The number of hydrogen-bond donors (Lipinski definition) is 1. The average Bonchev–Trinajstić information content (AvgIpc) is 2.84. The van der Waals surface area contributed by atoms with E-state index in [9.17, 15) is 5.11 Å². The van der Waals surface area contributed by atoms with Crippen molar-refractivity contribution in [1.29, 1.82) is 0 Å². The first kappa shape index (κ1) is 10.9. The van der Waals surface area contributed by atoms with Crippen LogP contribution < -0.4 is 0 Å². The Morgan fingerprint density at radius 3 is 2.78 bits per heavy atom. The van der Waals surface area contributed by atoms with Crippen LogP contribution >= 0.6 is 0 Å². The average molecular weight is 239 g/mol. The molecule has 4 nitrogen and oxygen atoms in total. The van der Waals surface area contributed by atoms with Crippen molar-refractivity contribution in [3.63, 3.8) is 0 Å². The Kier molecular flexibility index (Phi) is 2.57. The summed E-state index contributed by atoms with van der Waals surface area (Å²) in [6.45, 7) is 1.87. The molecule has 1 N–H and O–H groups in total. The summed E-state index contributed by atoms with van der Waals surface area (Å²) in [5.41, 5.74) is 1.59. The van der Waals surface area contributed by atoms with Gasteiger partial charge in [0.05, 0.1) is 18.0 Å². The van der Waals surface area contributed by atoms with Gasteiger partial charge in [0.25, 0.3) is 0 Å². The fourth-order valence-electron chi connectivity index (χ4n) is 2.02. The first-order valence-electron chi connectivity index (χ1n) is 5.80. The van der Waals surface area contributed by atoms with Crippen molar-refractivity contribution in [3.05, 3.63) is 54.0 Å². The molecule has 2 aromatic heterocycles. The number of pyridine rings is 1. The lowest BCUT2D eigenvalue weighted by Crippen LogP contribution is -2.02. The molecule has 0 amide bonds. The lowest BCUT2D eigenvalue weighted by atomic mass is 10.1. The van der Waals surface area contributed by atoms with E-state index in [0.29, 0.717) is 5.69 Å². The van der Waals surface area contributed by atoms with E-state index in [1.807, 2.05) is 49.5 Å². The zero-order chi connectivity index (χ0) is 12.5. The summed E-state index contributed by atoms with van der Waals surface area (Å²) in [7, 11) is 0. The van der Waals surface area contributed by atoms with Gasteiger partial charge >= 0.3 is 0 Å². The predicted molar refractivity (Wildman–Crippen MR) is 69.5 cm³/mol. The first-order valence-corrected chi connectivity index (χ1v) is 5.80. The minimum absolute atomic E-state index is 0.0713. The lowest BCUT2D eigenvalue weighted by molar-refractivity contribution is 0.277. The number of nitrogens with zero attached hydrogens (tertiary/aromatic N) is 3. The molecule has 0 spiro atoms. The molecule has 1 aromatic carbocycles. The molecule has 0 aliphatic carbocycles. The van der Waals surface area contributed by atoms with Gasteiger partial charge in [0.1, 0.15) is 0 Å². The number of aromatic nitrogens is 3. The number of hydrogen-bond acceptors (Lipinski definition) is 3. The summed E-state index contributed by atoms with van der Waals surface area (Å²) in [6, 6.07) is 11.8. The Morgan fingerprint density at radius 1 is 1.22 bits per heavy atom. The van der Waals surface area contributed by atoms with E-state index < -0.39 is 0 Å². The van der Waals surface area contributed by atoms with Crippen LogP contribution in [-0.4, -0.2) is 19.9 Å². The largest absolute Gasteiger partial charge is 0.390 e. The van der Waals surface area contributed by atoms with Gasteiger partial charge in [0.2, 0.25) is 0 Å². The van der Waals surface area contributed by atoms with Crippen LogP contribution in [0.1, 0.15) is 11.4 Å². The fraction of sp³-hybridized carbons (Fsp3) is 0.143. The number of aryl methyl sites for hydroxylation is 1. The summed E-state index contributed by atoms with van der Waals surface area (Å²) in [4.78, 5) is 4.45. The van der Waals surface area contributed by atoms with Gasteiger partial charge < -0.3 is 5.11 Å².